The summed E-state index contributed by atoms with van der Waals surface area (Å²) in [7, 11) is 0. The molecule has 0 aliphatic heterocycles. The number of nitrogen functional groups attached to an aromatic ring is 1. The van der Waals surface area contributed by atoms with Crippen LogP contribution in [0.4, 0.5) is 5.69 Å². The van der Waals surface area contributed by atoms with Crippen LogP contribution in [0.3, 0.4) is 0 Å². The summed E-state index contributed by atoms with van der Waals surface area (Å²) in [5.41, 5.74) is 7.46. The summed E-state index contributed by atoms with van der Waals surface area (Å²) in [6.07, 6.45) is 4.69. The number of nitrogens with two attached hydrogens (primary N) is 1. The zero-order valence-electron chi connectivity index (χ0n) is 10.2. The minimum absolute atomic E-state index is 0.747. The number of aromatic nitrogens is 2. The van der Waals surface area contributed by atoms with Crippen LogP contribution in [0.1, 0.15) is 18.9 Å². The van der Waals surface area contributed by atoms with Crippen molar-refractivity contribution in [3.8, 4) is 11.5 Å². The molecule has 0 saturated carbocycles. The zero-order valence-corrected chi connectivity index (χ0v) is 10.2. The maximum Gasteiger partial charge on any atom is 0.165 e. The zero-order chi connectivity index (χ0) is 12.3. The monoisotopic (exact) mass is 231 g/mol. The highest BCUT2D eigenvalue weighted by molar-refractivity contribution is 5.48. The second-order valence-corrected chi connectivity index (χ2v) is 4.07. The predicted octanol–water partition coefficient (Wildman–Crippen LogP) is 2.98. The van der Waals surface area contributed by atoms with Gasteiger partial charge in [0.25, 0.3) is 0 Å². The standard InChI is InChI=1S/C13H17N3O/c1-3-6-16-9-12(8-15-16)17-13-5-4-11(14)7-10(13)2/h4-5,7-9H,3,6,14H2,1-2H3. The first-order valence-electron chi connectivity index (χ1n) is 5.75. The quantitative estimate of drug-likeness (QED) is 0.823. The summed E-state index contributed by atoms with van der Waals surface area (Å²) in [4.78, 5) is 0. The van der Waals surface area contributed by atoms with Crippen LogP contribution in [0.25, 0.3) is 0 Å². The van der Waals surface area contributed by atoms with E-state index in [0.717, 1.165) is 35.7 Å². The van der Waals surface area contributed by atoms with Gasteiger partial charge in [0, 0.05) is 12.2 Å². The van der Waals surface area contributed by atoms with Crippen molar-refractivity contribution in [3.63, 3.8) is 0 Å². The summed E-state index contributed by atoms with van der Waals surface area (Å²) >= 11 is 0. The average molecular weight is 231 g/mol. The number of aryl methyl sites for hydroxylation is 2. The van der Waals surface area contributed by atoms with Gasteiger partial charge in [-0.2, -0.15) is 5.10 Å². The van der Waals surface area contributed by atoms with E-state index in [-0.39, 0.29) is 0 Å². The van der Waals surface area contributed by atoms with Crippen LogP contribution in [0, 0.1) is 6.92 Å². The SMILES string of the molecule is CCCn1cc(Oc2ccc(N)cc2C)cn1. The van der Waals surface area contributed by atoms with Gasteiger partial charge in [0.15, 0.2) is 5.75 Å². The van der Waals surface area contributed by atoms with E-state index in [1.165, 1.54) is 0 Å². The maximum absolute atomic E-state index is 5.75. The van der Waals surface area contributed by atoms with E-state index >= 15 is 0 Å². The molecular weight excluding hydrogens is 214 g/mol. The predicted molar refractivity (Wildman–Crippen MR) is 68.2 cm³/mol. The van der Waals surface area contributed by atoms with Gasteiger partial charge in [-0.3, -0.25) is 4.68 Å². The van der Waals surface area contributed by atoms with Crippen LogP contribution in [0.15, 0.2) is 30.6 Å². The van der Waals surface area contributed by atoms with Gasteiger partial charge in [0.1, 0.15) is 5.75 Å². The lowest BCUT2D eigenvalue weighted by atomic mass is 10.2. The van der Waals surface area contributed by atoms with E-state index in [1.807, 2.05) is 36.0 Å². The van der Waals surface area contributed by atoms with E-state index in [9.17, 15) is 0 Å². The van der Waals surface area contributed by atoms with Crippen LogP contribution in [0.2, 0.25) is 0 Å². The molecule has 0 fully saturated rings. The third-order valence-electron chi connectivity index (χ3n) is 2.49. The molecule has 0 radical (unpaired) electrons. The van der Waals surface area contributed by atoms with Gasteiger partial charge in [-0.1, -0.05) is 6.92 Å². The van der Waals surface area contributed by atoms with Crippen molar-refractivity contribution < 1.29 is 4.74 Å². The van der Waals surface area contributed by atoms with Crippen LogP contribution < -0.4 is 10.5 Å². The van der Waals surface area contributed by atoms with Gasteiger partial charge in [-0.05, 0) is 37.1 Å². The number of hydrogen-bond acceptors (Lipinski definition) is 3. The largest absolute Gasteiger partial charge is 0.454 e. The fourth-order valence-electron chi connectivity index (χ4n) is 1.66. The van der Waals surface area contributed by atoms with Gasteiger partial charge < -0.3 is 10.5 Å². The summed E-state index contributed by atoms with van der Waals surface area (Å²) < 4.78 is 7.63. The van der Waals surface area contributed by atoms with Crippen molar-refractivity contribution in [1.29, 1.82) is 0 Å². The van der Waals surface area contributed by atoms with Crippen LogP contribution in [-0.2, 0) is 6.54 Å². The third-order valence-corrected chi connectivity index (χ3v) is 2.49. The van der Waals surface area contributed by atoms with Gasteiger partial charge in [-0.15, -0.1) is 0 Å². The van der Waals surface area contributed by atoms with Gasteiger partial charge in [0.05, 0.1) is 12.4 Å². The highest BCUT2D eigenvalue weighted by Crippen LogP contribution is 2.25. The Hall–Kier alpha value is -1.97. The van der Waals surface area contributed by atoms with Gasteiger partial charge in [0.2, 0.25) is 0 Å². The Balaban J connectivity index is 2.13. The summed E-state index contributed by atoms with van der Waals surface area (Å²) in [5.74, 6) is 1.57. The molecule has 0 amide bonds. The molecule has 1 heterocycles. The molecule has 0 aliphatic rings. The first kappa shape index (κ1) is 11.5. The van der Waals surface area contributed by atoms with Gasteiger partial charge in [-0.25, -0.2) is 0 Å². The number of benzene rings is 1. The number of anilines is 1. The minimum Gasteiger partial charge on any atom is -0.454 e. The van der Waals surface area contributed by atoms with Crippen LogP contribution in [-0.4, -0.2) is 9.78 Å². The van der Waals surface area contributed by atoms with E-state index < -0.39 is 0 Å². The molecule has 2 rings (SSSR count). The molecule has 4 heteroatoms. The fourth-order valence-corrected chi connectivity index (χ4v) is 1.66. The Morgan fingerprint density at radius 3 is 2.94 bits per heavy atom. The van der Waals surface area contributed by atoms with E-state index in [2.05, 4.69) is 12.0 Å². The molecule has 0 unspecified atom stereocenters. The Morgan fingerprint density at radius 2 is 2.24 bits per heavy atom. The Kier molecular flexibility index (Phi) is 3.32. The number of rotatable bonds is 4. The topological polar surface area (TPSA) is 53.1 Å². The molecule has 90 valence electrons. The molecule has 2 aromatic rings. The second-order valence-electron chi connectivity index (χ2n) is 4.07. The molecule has 0 spiro atoms. The van der Waals surface area contributed by atoms with Crippen molar-refractivity contribution >= 4 is 5.69 Å². The number of ether oxygens (including phenoxy) is 1. The summed E-state index contributed by atoms with van der Waals surface area (Å²) in [6, 6.07) is 5.60. The summed E-state index contributed by atoms with van der Waals surface area (Å²) in [6.45, 7) is 5.00. The third kappa shape index (κ3) is 2.78. The lowest BCUT2D eigenvalue weighted by molar-refractivity contribution is 0.477. The molecule has 0 atom stereocenters. The van der Waals surface area contributed by atoms with Gasteiger partial charge >= 0.3 is 0 Å². The Bertz CT molecular complexity index is 505. The van der Waals surface area contributed by atoms with E-state index in [1.54, 1.807) is 6.20 Å². The lowest BCUT2D eigenvalue weighted by Gasteiger charge is -2.06. The van der Waals surface area contributed by atoms with Crippen LogP contribution in [0.5, 0.6) is 11.5 Å². The molecular formula is C13H17N3O. The fraction of sp³-hybridized carbons (Fsp3) is 0.308. The molecule has 1 aromatic carbocycles. The Labute approximate surface area is 101 Å². The molecule has 0 saturated heterocycles. The molecule has 2 N–H and O–H groups in total. The number of nitrogens with zero attached hydrogens (tertiary/aromatic N) is 2. The van der Waals surface area contributed by atoms with Crippen molar-refractivity contribution in [1.82, 2.24) is 9.78 Å². The molecule has 17 heavy (non-hydrogen) atoms. The van der Waals surface area contributed by atoms with Crippen LogP contribution >= 0.6 is 0 Å². The summed E-state index contributed by atoms with van der Waals surface area (Å²) in [5, 5.41) is 4.22. The smallest absolute Gasteiger partial charge is 0.165 e. The van der Waals surface area contributed by atoms with Crippen molar-refractivity contribution in [2.45, 2.75) is 26.8 Å². The average Bonchev–Trinajstić information content (AvgIpc) is 2.71. The molecule has 0 bridgehead atoms. The minimum atomic E-state index is 0.747. The van der Waals surface area contributed by atoms with E-state index in [0.29, 0.717) is 0 Å². The molecule has 4 nitrogen and oxygen atoms in total. The highest BCUT2D eigenvalue weighted by Gasteiger charge is 2.04. The van der Waals surface area contributed by atoms with Crippen molar-refractivity contribution in [3.05, 3.63) is 36.2 Å². The highest BCUT2D eigenvalue weighted by atomic mass is 16.5. The Morgan fingerprint density at radius 1 is 1.41 bits per heavy atom. The van der Waals surface area contributed by atoms with Crippen molar-refractivity contribution in [2.75, 3.05) is 5.73 Å². The first-order valence-corrected chi connectivity index (χ1v) is 5.75. The second kappa shape index (κ2) is 4.91. The molecule has 1 aromatic heterocycles. The first-order chi connectivity index (χ1) is 8.19. The van der Waals surface area contributed by atoms with Crippen molar-refractivity contribution in [2.24, 2.45) is 0 Å². The number of hydrogen-bond donors (Lipinski definition) is 1. The maximum atomic E-state index is 5.75. The normalized spacial score (nSPS) is 10.5. The lowest BCUT2D eigenvalue weighted by Crippen LogP contribution is -1.95. The molecule has 0 aliphatic carbocycles. The van der Waals surface area contributed by atoms with E-state index in [4.69, 9.17) is 10.5 Å².